The van der Waals surface area contributed by atoms with Gasteiger partial charge < -0.3 is 0 Å². The van der Waals surface area contributed by atoms with Gasteiger partial charge in [-0.05, 0) is 62.7 Å². The molecule has 1 aromatic carbocycles. The third kappa shape index (κ3) is 4.63. The first kappa shape index (κ1) is 23.0. The number of hydrogen-bond acceptors (Lipinski definition) is 7. The Labute approximate surface area is 198 Å². The molecular weight excluding hydrogens is 448 g/mol. The second-order valence-electron chi connectivity index (χ2n) is 7.68. The molecule has 0 aliphatic heterocycles. The average molecular weight is 471 g/mol. The first-order valence-corrected chi connectivity index (χ1v) is 12.1. The van der Waals surface area contributed by atoms with Crippen LogP contribution in [0.1, 0.15) is 29.6 Å². The number of nitriles is 1. The van der Waals surface area contributed by atoms with Gasteiger partial charge in [0.05, 0.1) is 39.3 Å². The number of aromatic nitrogens is 4. The van der Waals surface area contributed by atoms with Gasteiger partial charge >= 0.3 is 0 Å². The van der Waals surface area contributed by atoms with Crippen molar-refractivity contribution in [1.29, 1.82) is 5.26 Å². The summed E-state index contributed by atoms with van der Waals surface area (Å²) in [6.07, 6.45) is 5.62. The molecule has 0 aliphatic carbocycles. The summed E-state index contributed by atoms with van der Waals surface area (Å²) in [7, 11) is -3.88. The van der Waals surface area contributed by atoms with Crippen LogP contribution in [0.25, 0.3) is 22.4 Å². The van der Waals surface area contributed by atoms with Gasteiger partial charge in [0.1, 0.15) is 6.33 Å². The monoisotopic (exact) mass is 470 g/mol. The molecule has 34 heavy (non-hydrogen) atoms. The van der Waals surface area contributed by atoms with Crippen LogP contribution in [0.3, 0.4) is 0 Å². The van der Waals surface area contributed by atoms with Crippen LogP contribution in [-0.4, -0.2) is 28.4 Å². The van der Waals surface area contributed by atoms with Crippen LogP contribution in [0.15, 0.2) is 66.1 Å². The summed E-state index contributed by atoms with van der Waals surface area (Å²) in [5.41, 5.74) is 6.05. The molecule has 0 aliphatic rings. The Bertz CT molecular complexity index is 1510. The van der Waals surface area contributed by atoms with Crippen molar-refractivity contribution in [2.24, 2.45) is 0 Å². The summed E-state index contributed by atoms with van der Waals surface area (Å²) in [6, 6.07) is 13.3. The van der Waals surface area contributed by atoms with Gasteiger partial charge in [0, 0.05) is 34.8 Å². The molecule has 0 radical (unpaired) electrons. The van der Waals surface area contributed by atoms with Crippen molar-refractivity contribution < 1.29 is 8.42 Å². The third-order valence-electron chi connectivity index (χ3n) is 5.34. The highest BCUT2D eigenvalue weighted by Gasteiger charge is 2.19. The van der Waals surface area contributed by atoms with E-state index in [4.69, 9.17) is 5.26 Å². The van der Waals surface area contributed by atoms with Crippen molar-refractivity contribution in [3.63, 3.8) is 0 Å². The molecule has 8 nitrogen and oxygen atoms in total. The zero-order valence-corrected chi connectivity index (χ0v) is 19.8. The van der Waals surface area contributed by atoms with E-state index in [-0.39, 0.29) is 4.90 Å². The van der Waals surface area contributed by atoms with Gasteiger partial charge in [0.25, 0.3) is 10.0 Å². The first-order valence-electron chi connectivity index (χ1n) is 10.6. The van der Waals surface area contributed by atoms with E-state index in [2.05, 4.69) is 24.7 Å². The maximum atomic E-state index is 13.0. The van der Waals surface area contributed by atoms with Gasteiger partial charge in [0.2, 0.25) is 0 Å². The number of rotatable bonds is 6. The molecule has 1 N–H and O–H groups in total. The summed E-state index contributed by atoms with van der Waals surface area (Å²) < 4.78 is 28.6. The Kier molecular flexibility index (Phi) is 6.34. The topological polar surface area (TPSA) is 122 Å². The number of aryl methyl sites for hydroxylation is 3. The molecule has 0 fully saturated rings. The second kappa shape index (κ2) is 9.37. The normalized spacial score (nSPS) is 11.1. The molecule has 4 aromatic rings. The lowest BCUT2D eigenvalue weighted by Crippen LogP contribution is -2.14. The highest BCUT2D eigenvalue weighted by molar-refractivity contribution is 7.92. The van der Waals surface area contributed by atoms with E-state index < -0.39 is 10.0 Å². The largest absolute Gasteiger partial charge is 0.278 e. The molecule has 3 aromatic heterocycles. The summed E-state index contributed by atoms with van der Waals surface area (Å²) in [5.74, 6) is 0. The minimum Gasteiger partial charge on any atom is -0.278 e. The van der Waals surface area contributed by atoms with Gasteiger partial charge in [-0.1, -0.05) is 6.92 Å². The summed E-state index contributed by atoms with van der Waals surface area (Å²) in [4.78, 5) is 17.8. The summed E-state index contributed by atoms with van der Waals surface area (Å²) >= 11 is 0. The Morgan fingerprint density at radius 2 is 1.74 bits per heavy atom. The van der Waals surface area contributed by atoms with Crippen LogP contribution in [-0.2, 0) is 16.4 Å². The lowest BCUT2D eigenvalue weighted by Gasteiger charge is -2.16. The Hall–Kier alpha value is -4.16. The molecule has 3 heterocycles. The van der Waals surface area contributed by atoms with E-state index in [9.17, 15) is 8.42 Å². The zero-order valence-electron chi connectivity index (χ0n) is 18.9. The maximum absolute atomic E-state index is 13.0. The molecule has 170 valence electrons. The average Bonchev–Trinajstić information content (AvgIpc) is 2.85. The molecular formula is C25H22N6O2S. The quantitative estimate of drug-likeness (QED) is 0.442. The van der Waals surface area contributed by atoms with Crippen LogP contribution in [0.5, 0.6) is 0 Å². The van der Waals surface area contributed by atoms with E-state index in [1.54, 1.807) is 25.4 Å². The van der Waals surface area contributed by atoms with Crippen LogP contribution in [0.4, 0.5) is 5.69 Å². The molecule has 4 rings (SSSR count). The van der Waals surface area contributed by atoms with Gasteiger partial charge in [-0.2, -0.15) is 5.26 Å². The summed E-state index contributed by atoms with van der Waals surface area (Å²) in [6.45, 7) is 5.65. The molecule has 0 bridgehead atoms. The van der Waals surface area contributed by atoms with Crippen molar-refractivity contribution in [1.82, 2.24) is 19.9 Å². The maximum Gasteiger partial charge on any atom is 0.261 e. The van der Waals surface area contributed by atoms with Crippen LogP contribution in [0, 0.1) is 25.2 Å². The van der Waals surface area contributed by atoms with Crippen molar-refractivity contribution in [2.75, 3.05) is 4.72 Å². The summed E-state index contributed by atoms with van der Waals surface area (Å²) in [5, 5.41) is 8.97. The minimum atomic E-state index is -3.88. The van der Waals surface area contributed by atoms with E-state index >= 15 is 0 Å². The van der Waals surface area contributed by atoms with Gasteiger partial charge in [-0.3, -0.25) is 14.7 Å². The van der Waals surface area contributed by atoms with Crippen molar-refractivity contribution in [2.45, 2.75) is 32.1 Å². The number of anilines is 1. The fourth-order valence-corrected chi connectivity index (χ4v) is 4.70. The Balaban J connectivity index is 1.81. The van der Waals surface area contributed by atoms with Crippen molar-refractivity contribution in [3.05, 3.63) is 83.8 Å². The lowest BCUT2D eigenvalue weighted by atomic mass is 9.97. The number of sulfonamides is 1. The predicted molar refractivity (Wildman–Crippen MR) is 129 cm³/mol. The molecule has 0 unspecified atom stereocenters. The predicted octanol–water partition coefficient (Wildman–Crippen LogP) is 4.45. The number of hydrogen-bond donors (Lipinski definition) is 1. The zero-order chi connectivity index (χ0) is 24.3. The highest BCUT2D eigenvalue weighted by atomic mass is 32.2. The van der Waals surface area contributed by atoms with E-state index in [0.29, 0.717) is 28.9 Å². The number of nitrogens with one attached hydrogen (secondary N) is 1. The first-order chi connectivity index (χ1) is 16.3. The number of benzene rings is 1. The molecule has 0 saturated heterocycles. The second-order valence-corrected chi connectivity index (χ2v) is 9.36. The highest BCUT2D eigenvalue weighted by Crippen LogP contribution is 2.34. The number of nitrogens with zero attached hydrogens (tertiary/aromatic N) is 5. The molecule has 0 saturated carbocycles. The van der Waals surface area contributed by atoms with E-state index in [0.717, 1.165) is 28.2 Å². The van der Waals surface area contributed by atoms with Gasteiger partial charge in [0.15, 0.2) is 0 Å². The van der Waals surface area contributed by atoms with E-state index in [1.807, 2.05) is 32.0 Å². The van der Waals surface area contributed by atoms with Crippen molar-refractivity contribution in [3.8, 4) is 28.5 Å². The molecule has 0 amide bonds. The number of pyridine rings is 2. The van der Waals surface area contributed by atoms with Crippen LogP contribution >= 0.6 is 0 Å². The third-order valence-corrected chi connectivity index (χ3v) is 6.73. The van der Waals surface area contributed by atoms with Gasteiger partial charge in [-0.15, -0.1) is 0 Å². The fourth-order valence-electron chi connectivity index (χ4n) is 3.59. The molecule has 9 heteroatoms. The smallest absolute Gasteiger partial charge is 0.261 e. The minimum absolute atomic E-state index is 0.0570. The molecule has 0 spiro atoms. The van der Waals surface area contributed by atoms with Crippen molar-refractivity contribution >= 4 is 15.7 Å². The van der Waals surface area contributed by atoms with Gasteiger partial charge in [-0.25, -0.2) is 18.4 Å². The fraction of sp³-hybridized carbons (Fsp3) is 0.160. The Morgan fingerprint density at radius 3 is 2.41 bits per heavy atom. The lowest BCUT2D eigenvalue weighted by molar-refractivity contribution is 0.601. The SMILES string of the molecule is CCc1ncnc(-c2ccnc(C)c2)c1-c1cnc(C)c(NS(=O)(=O)c2ccc(C#N)cc2)c1. The van der Waals surface area contributed by atoms with E-state index in [1.165, 1.54) is 30.6 Å². The van der Waals surface area contributed by atoms with Crippen LogP contribution < -0.4 is 4.72 Å². The Morgan fingerprint density at radius 1 is 0.971 bits per heavy atom. The molecule has 0 atom stereocenters. The van der Waals surface area contributed by atoms with Crippen LogP contribution in [0.2, 0.25) is 0 Å². The standard InChI is InChI=1S/C25H22N6O2S/c1-4-22-24(25(30-15-29-22)19-9-10-27-16(2)11-19)20-12-23(17(3)28-14-20)31-34(32,33)21-7-5-18(13-26)6-8-21/h5-12,14-15,31H,4H2,1-3H3.